The molecule has 4 rings (SSSR count). The zero-order valence-corrected chi connectivity index (χ0v) is 14.7. The minimum Gasteiger partial charge on any atom is -0.471 e. The molecule has 0 aliphatic carbocycles. The lowest BCUT2D eigenvalue weighted by Gasteiger charge is -2.31. The number of hydrogen-bond donors (Lipinski definition) is 0. The van der Waals surface area contributed by atoms with Gasteiger partial charge in [0.25, 0.3) is 0 Å². The van der Waals surface area contributed by atoms with Crippen molar-refractivity contribution in [3.05, 3.63) is 18.3 Å². The first-order valence-electron chi connectivity index (χ1n) is 9.31. The average molecular weight is 360 g/mol. The van der Waals surface area contributed by atoms with Crippen LogP contribution in [0.25, 0.3) is 0 Å². The predicted octanol–water partition coefficient (Wildman–Crippen LogP) is 0.484. The van der Waals surface area contributed by atoms with Gasteiger partial charge in [0.15, 0.2) is 0 Å². The average Bonchev–Trinajstić information content (AvgIpc) is 3.29. The van der Waals surface area contributed by atoms with E-state index in [1.165, 1.54) is 0 Å². The van der Waals surface area contributed by atoms with Crippen LogP contribution in [0.4, 0.5) is 0 Å². The van der Waals surface area contributed by atoms with Crippen molar-refractivity contribution < 1.29 is 19.1 Å². The lowest BCUT2D eigenvalue weighted by molar-refractivity contribution is -0.135. The van der Waals surface area contributed by atoms with E-state index in [1.807, 2.05) is 9.80 Å². The van der Waals surface area contributed by atoms with E-state index in [0.717, 1.165) is 19.3 Å². The van der Waals surface area contributed by atoms with Crippen LogP contribution in [-0.4, -0.2) is 76.8 Å². The fourth-order valence-electron chi connectivity index (χ4n) is 4.05. The van der Waals surface area contributed by atoms with Gasteiger partial charge in [0.2, 0.25) is 17.7 Å². The fraction of sp³-hybridized carbons (Fsp3) is 0.667. The smallest absolute Gasteiger partial charge is 0.233 e. The van der Waals surface area contributed by atoms with E-state index in [2.05, 4.69) is 10.2 Å². The quantitative estimate of drug-likeness (QED) is 0.777. The van der Waals surface area contributed by atoms with Crippen molar-refractivity contribution >= 4 is 11.8 Å². The van der Waals surface area contributed by atoms with Gasteiger partial charge in [-0.15, -0.1) is 5.10 Å². The molecule has 2 amide bonds. The maximum atomic E-state index is 12.9. The van der Waals surface area contributed by atoms with Gasteiger partial charge in [-0.1, -0.05) is 0 Å². The summed E-state index contributed by atoms with van der Waals surface area (Å²) in [5, 5.41) is 7.72. The summed E-state index contributed by atoms with van der Waals surface area (Å²) in [5.74, 6) is 0.411. The Bertz CT molecular complexity index is 650. The normalized spacial score (nSPS) is 27.2. The van der Waals surface area contributed by atoms with Crippen LogP contribution in [0, 0.1) is 5.92 Å². The Morgan fingerprint density at radius 2 is 2.08 bits per heavy atom. The van der Waals surface area contributed by atoms with Gasteiger partial charge in [0, 0.05) is 57.4 Å². The minimum atomic E-state index is -0.236. The fourth-order valence-corrected chi connectivity index (χ4v) is 4.05. The van der Waals surface area contributed by atoms with Crippen LogP contribution in [0.1, 0.15) is 25.7 Å². The summed E-state index contributed by atoms with van der Waals surface area (Å²) in [6, 6.07) is 3.76. The molecular formula is C18H24N4O4. The molecule has 3 saturated heterocycles. The van der Waals surface area contributed by atoms with Gasteiger partial charge in [-0.2, -0.15) is 5.10 Å². The van der Waals surface area contributed by atoms with E-state index >= 15 is 0 Å². The molecule has 0 N–H and O–H groups in total. The summed E-state index contributed by atoms with van der Waals surface area (Å²) < 4.78 is 11.2. The molecule has 0 bridgehead atoms. The third-order valence-electron chi connectivity index (χ3n) is 5.43. The van der Waals surface area contributed by atoms with Gasteiger partial charge in [-0.25, -0.2) is 0 Å². The highest BCUT2D eigenvalue weighted by molar-refractivity contribution is 5.89. The highest BCUT2D eigenvalue weighted by Gasteiger charge is 2.41. The molecule has 140 valence electrons. The number of aromatic nitrogens is 2. The van der Waals surface area contributed by atoms with Gasteiger partial charge >= 0.3 is 0 Å². The highest BCUT2D eigenvalue weighted by Crippen LogP contribution is 2.27. The SMILES string of the molecule is O=C([C@@H]1CC(=O)N(C2CCOCC2)C1)N1CC[C@H](Oc2cccnn2)C1. The van der Waals surface area contributed by atoms with Gasteiger partial charge in [-0.05, 0) is 18.9 Å². The zero-order valence-electron chi connectivity index (χ0n) is 14.7. The predicted molar refractivity (Wildman–Crippen MR) is 91.3 cm³/mol. The van der Waals surface area contributed by atoms with Crippen molar-refractivity contribution in [1.29, 1.82) is 0 Å². The number of amides is 2. The zero-order chi connectivity index (χ0) is 17.9. The number of likely N-dealkylation sites (tertiary alicyclic amines) is 2. The number of rotatable bonds is 4. The first kappa shape index (κ1) is 17.2. The number of hydrogen-bond acceptors (Lipinski definition) is 6. The topological polar surface area (TPSA) is 84.9 Å². The Balaban J connectivity index is 1.31. The summed E-state index contributed by atoms with van der Waals surface area (Å²) in [6.45, 7) is 3.12. The van der Waals surface area contributed by atoms with E-state index < -0.39 is 0 Å². The van der Waals surface area contributed by atoms with Gasteiger partial charge < -0.3 is 19.3 Å². The van der Waals surface area contributed by atoms with Crippen LogP contribution in [-0.2, 0) is 14.3 Å². The number of nitrogens with zero attached hydrogens (tertiary/aromatic N) is 4. The number of carbonyl (C=O) groups excluding carboxylic acids is 2. The van der Waals surface area contributed by atoms with Crippen molar-refractivity contribution in [1.82, 2.24) is 20.0 Å². The van der Waals surface area contributed by atoms with Gasteiger partial charge in [-0.3, -0.25) is 9.59 Å². The first-order chi connectivity index (χ1) is 12.7. The summed E-state index contributed by atoms with van der Waals surface area (Å²) in [6.07, 6.45) is 4.35. The van der Waals surface area contributed by atoms with E-state index in [1.54, 1.807) is 18.3 Å². The van der Waals surface area contributed by atoms with E-state index in [4.69, 9.17) is 9.47 Å². The Morgan fingerprint density at radius 3 is 2.85 bits per heavy atom. The molecule has 1 aromatic rings. The second-order valence-electron chi connectivity index (χ2n) is 7.17. The molecule has 0 saturated carbocycles. The maximum Gasteiger partial charge on any atom is 0.233 e. The van der Waals surface area contributed by atoms with E-state index in [-0.39, 0.29) is 29.9 Å². The third kappa shape index (κ3) is 3.65. The van der Waals surface area contributed by atoms with Crippen LogP contribution < -0.4 is 4.74 Å². The molecule has 1 aromatic heterocycles. The lowest BCUT2D eigenvalue weighted by atomic mass is 10.1. The number of carbonyl (C=O) groups is 2. The Kier molecular flexibility index (Phi) is 5.01. The molecule has 0 aromatic carbocycles. The molecule has 8 nitrogen and oxygen atoms in total. The first-order valence-corrected chi connectivity index (χ1v) is 9.31. The molecule has 3 aliphatic heterocycles. The lowest BCUT2D eigenvalue weighted by Crippen LogP contribution is -2.42. The minimum absolute atomic E-state index is 0.0677. The Labute approximate surface area is 152 Å². The molecule has 3 fully saturated rings. The standard InChI is InChI=1S/C18H24N4O4/c23-17-10-13(11-22(17)14-4-8-25-9-5-14)18(24)21-7-3-15(12-21)26-16-2-1-6-19-20-16/h1-2,6,13-15H,3-5,7-12H2/t13-,15+/m1/s1. The van der Waals surface area contributed by atoms with Crippen molar-refractivity contribution in [2.45, 2.75) is 37.8 Å². The summed E-state index contributed by atoms with van der Waals surface area (Å²) >= 11 is 0. The van der Waals surface area contributed by atoms with Crippen molar-refractivity contribution in [2.75, 3.05) is 32.8 Å². The molecule has 0 spiro atoms. The summed E-state index contributed by atoms with van der Waals surface area (Å²) in [4.78, 5) is 29.0. The second kappa shape index (κ2) is 7.57. The van der Waals surface area contributed by atoms with Crippen LogP contribution in [0.3, 0.4) is 0 Å². The van der Waals surface area contributed by atoms with Gasteiger partial charge in [0.1, 0.15) is 6.10 Å². The largest absolute Gasteiger partial charge is 0.471 e. The van der Waals surface area contributed by atoms with Crippen LogP contribution in [0.2, 0.25) is 0 Å². The monoisotopic (exact) mass is 360 g/mol. The molecule has 26 heavy (non-hydrogen) atoms. The van der Waals surface area contributed by atoms with E-state index in [0.29, 0.717) is 45.1 Å². The molecule has 2 atom stereocenters. The highest BCUT2D eigenvalue weighted by atomic mass is 16.5. The molecule has 3 aliphatic rings. The van der Waals surface area contributed by atoms with E-state index in [9.17, 15) is 9.59 Å². The molecule has 0 unspecified atom stereocenters. The molecule has 8 heteroatoms. The third-order valence-corrected chi connectivity index (χ3v) is 5.43. The summed E-state index contributed by atoms with van der Waals surface area (Å²) in [5.41, 5.74) is 0. The second-order valence-corrected chi connectivity index (χ2v) is 7.17. The summed E-state index contributed by atoms with van der Waals surface area (Å²) in [7, 11) is 0. The molecular weight excluding hydrogens is 336 g/mol. The molecule has 4 heterocycles. The Hall–Kier alpha value is -2.22. The van der Waals surface area contributed by atoms with Crippen LogP contribution >= 0.6 is 0 Å². The van der Waals surface area contributed by atoms with Gasteiger partial charge in [0.05, 0.1) is 12.5 Å². The Morgan fingerprint density at radius 1 is 1.23 bits per heavy atom. The van der Waals surface area contributed by atoms with Crippen molar-refractivity contribution in [2.24, 2.45) is 5.92 Å². The van der Waals surface area contributed by atoms with Crippen molar-refractivity contribution in [3.8, 4) is 5.88 Å². The maximum absolute atomic E-state index is 12.9. The molecule has 0 radical (unpaired) electrons. The number of ether oxygens (including phenoxy) is 2. The van der Waals surface area contributed by atoms with Crippen LogP contribution in [0.15, 0.2) is 18.3 Å². The van der Waals surface area contributed by atoms with Crippen molar-refractivity contribution in [3.63, 3.8) is 0 Å². The van der Waals surface area contributed by atoms with Crippen LogP contribution in [0.5, 0.6) is 5.88 Å².